The van der Waals surface area contributed by atoms with Crippen molar-refractivity contribution < 1.29 is 13.3 Å². The number of nitrogens with one attached hydrogen (secondary N) is 1. The number of nitro groups is 1. The second-order valence-corrected chi connectivity index (χ2v) is 9.00. The van der Waals surface area contributed by atoms with Gasteiger partial charge in [0.15, 0.2) is 0 Å². The lowest BCUT2D eigenvalue weighted by Crippen LogP contribution is -2.47. The second-order valence-electron chi connectivity index (χ2n) is 6.18. The molecule has 0 amide bonds. The van der Waals surface area contributed by atoms with Gasteiger partial charge in [0.25, 0.3) is 5.69 Å². The van der Waals surface area contributed by atoms with Gasteiger partial charge < -0.3 is 4.90 Å². The van der Waals surface area contributed by atoms with Crippen LogP contribution in [-0.4, -0.2) is 56.5 Å². The Morgan fingerprint density at radius 1 is 1.30 bits per heavy atom. The van der Waals surface area contributed by atoms with Crippen molar-refractivity contribution in [3.8, 4) is 0 Å². The van der Waals surface area contributed by atoms with Gasteiger partial charge in [0, 0.05) is 43.8 Å². The Bertz CT molecular complexity index is 909. The first-order valence-corrected chi connectivity index (χ1v) is 10.8. The highest BCUT2D eigenvalue weighted by molar-refractivity contribution is 7.89. The van der Waals surface area contributed by atoms with E-state index in [9.17, 15) is 18.5 Å². The quantitative estimate of drug-likeness (QED) is 0.571. The summed E-state index contributed by atoms with van der Waals surface area (Å²) >= 11 is 1.62. The van der Waals surface area contributed by atoms with Crippen molar-refractivity contribution in [2.75, 3.05) is 38.1 Å². The molecule has 1 aromatic heterocycles. The van der Waals surface area contributed by atoms with Crippen molar-refractivity contribution in [3.05, 3.63) is 44.9 Å². The molecule has 0 bridgehead atoms. The van der Waals surface area contributed by atoms with E-state index < -0.39 is 14.9 Å². The van der Waals surface area contributed by atoms with E-state index in [0.29, 0.717) is 18.8 Å². The number of benzene rings is 1. The number of hydrogen-bond acceptors (Lipinski definition) is 8. The molecule has 2 aromatic rings. The van der Waals surface area contributed by atoms with Crippen LogP contribution in [-0.2, 0) is 10.0 Å². The second kappa shape index (κ2) is 7.89. The lowest BCUT2D eigenvalue weighted by Gasteiger charge is -2.38. The van der Waals surface area contributed by atoms with E-state index in [2.05, 4.69) is 21.5 Å². The fraction of sp³-hybridized carbons (Fsp3) is 0.438. The molecular weight excluding hydrogens is 390 g/mol. The first-order valence-electron chi connectivity index (χ1n) is 8.44. The number of sulfonamides is 1. The van der Waals surface area contributed by atoms with Crippen molar-refractivity contribution in [2.24, 2.45) is 0 Å². The van der Waals surface area contributed by atoms with Gasteiger partial charge in [0.05, 0.1) is 15.9 Å². The molecule has 1 fully saturated rings. The van der Waals surface area contributed by atoms with Crippen molar-refractivity contribution in [1.29, 1.82) is 0 Å². The van der Waals surface area contributed by atoms with Crippen LogP contribution in [0.15, 0.2) is 34.7 Å². The minimum Gasteiger partial charge on any atom is -0.363 e. The van der Waals surface area contributed by atoms with Crippen molar-refractivity contribution in [1.82, 2.24) is 14.6 Å². The summed E-state index contributed by atoms with van der Waals surface area (Å²) < 4.78 is 26.0. The van der Waals surface area contributed by atoms with Crippen LogP contribution in [0.2, 0.25) is 0 Å². The van der Waals surface area contributed by atoms with Crippen molar-refractivity contribution in [2.45, 2.75) is 17.9 Å². The molecule has 3 rings (SSSR count). The monoisotopic (exact) mass is 411 g/mol. The molecule has 1 atom stereocenters. The molecule has 9 nitrogen and oxygen atoms in total. The Balaban J connectivity index is 1.78. The van der Waals surface area contributed by atoms with Crippen molar-refractivity contribution in [3.63, 3.8) is 0 Å². The van der Waals surface area contributed by atoms with Gasteiger partial charge in [-0.2, -0.15) is 0 Å². The fourth-order valence-corrected chi connectivity index (χ4v) is 4.63. The third-order valence-electron chi connectivity index (χ3n) is 4.73. The van der Waals surface area contributed by atoms with E-state index in [4.69, 9.17) is 0 Å². The Morgan fingerprint density at radius 2 is 2.00 bits per heavy atom. The molecule has 1 aliphatic heterocycles. The van der Waals surface area contributed by atoms with E-state index in [-0.39, 0.29) is 16.6 Å². The molecule has 0 aliphatic carbocycles. The minimum atomic E-state index is -3.73. The van der Waals surface area contributed by atoms with Crippen LogP contribution in [0.25, 0.3) is 0 Å². The summed E-state index contributed by atoms with van der Waals surface area (Å²) in [6, 6.07) is 4.23. The molecule has 1 aliphatic rings. The van der Waals surface area contributed by atoms with Gasteiger partial charge in [-0.1, -0.05) is 0 Å². The highest BCUT2D eigenvalue weighted by Crippen LogP contribution is 2.32. The SMILES string of the molecule is CNS(=O)(=O)c1ccc(N2CCN(C(C)c3nccs3)CC2)c([N+](=O)[O-])c1. The summed E-state index contributed by atoms with van der Waals surface area (Å²) in [4.78, 5) is 19.4. The third kappa shape index (κ3) is 4.10. The Labute approximate surface area is 161 Å². The number of hydrogen-bond donors (Lipinski definition) is 1. The predicted octanol–water partition coefficient (Wildman–Crippen LogP) is 1.84. The topological polar surface area (TPSA) is 109 Å². The molecule has 2 heterocycles. The third-order valence-corrected chi connectivity index (χ3v) is 7.09. The van der Waals surface area contributed by atoms with E-state index in [0.717, 1.165) is 24.2 Å². The average molecular weight is 412 g/mol. The van der Waals surface area contributed by atoms with Gasteiger partial charge in [-0.15, -0.1) is 11.3 Å². The van der Waals surface area contributed by atoms with Gasteiger partial charge in [-0.3, -0.25) is 15.0 Å². The van der Waals surface area contributed by atoms with Gasteiger partial charge in [0.2, 0.25) is 10.0 Å². The van der Waals surface area contributed by atoms with Crippen LogP contribution in [0.3, 0.4) is 0 Å². The summed E-state index contributed by atoms with van der Waals surface area (Å²) in [6.07, 6.45) is 1.79. The summed E-state index contributed by atoms with van der Waals surface area (Å²) in [5.74, 6) is 0. The number of nitro benzene ring substituents is 1. The normalized spacial score (nSPS) is 17.0. The lowest BCUT2D eigenvalue weighted by molar-refractivity contribution is -0.384. The largest absolute Gasteiger partial charge is 0.363 e. The summed E-state index contributed by atoms with van der Waals surface area (Å²) in [5.41, 5.74) is 0.240. The van der Waals surface area contributed by atoms with Gasteiger partial charge in [-0.05, 0) is 26.1 Å². The summed E-state index contributed by atoms with van der Waals surface area (Å²) in [6.45, 7) is 4.83. The molecule has 0 saturated carbocycles. The molecule has 0 radical (unpaired) electrons. The van der Waals surface area contributed by atoms with E-state index in [1.807, 2.05) is 10.3 Å². The number of nitrogens with zero attached hydrogens (tertiary/aromatic N) is 4. The maximum absolute atomic E-state index is 11.9. The van der Waals surface area contributed by atoms with E-state index in [1.165, 1.54) is 19.2 Å². The molecule has 146 valence electrons. The zero-order valence-electron chi connectivity index (χ0n) is 15.0. The van der Waals surface area contributed by atoms with E-state index in [1.54, 1.807) is 17.5 Å². The Morgan fingerprint density at radius 3 is 2.56 bits per heavy atom. The standard InChI is InChI=1S/C16H21N5O4S2/c1-12(16-18-5-10-26-16)19-6-8-20(9-7-19)14-4-3-13(27(24,25)17-2)11-15(14)21(22)23/h3-5,10-12,17H,6-9H2,1-2H3. The lowest BCUT2D eigenvalue weighted by atomic mass is 10.2. The molecule has 1 saturated heterocycles. The van der Waals surface area contributed by atoms with Crippen LogP contribution in [0, 0.1) is 10.1 Å². The number of rotatable bonds is 6. The Hall–Kier alpha value is -2.08. The molecule has 11 heteroatoms. The maximum Gasteiger partial charge on any atom is 0.293 e. The van der Waals surface area contributed by atoms with Crippen LogP contribution in [0.4, 0.5) is 11.4 Å². The number of piperazine rings is 1. The number of anilines is 1. The van der Waals surface area contributed by atoms with Crippen LogP contribution < -0.4 is 9.62 Å². The zero-order chi connectivity index (χ0) is 19.6. The first kappa shape index (κ1) is 19.7. The van der Waals surface area contributed by atoms with Crippen molar-refractivity contribution >= 4 is 32.7 Å². The Kier molecular flexibility index (Phi) is 5.75. The van der Waals surface area contributed by atoms with Gasteiger partial charge in [-0.25, -0.2) is 18.1 Å². The highest BCUT2D eigenvalue weighted by Gasteiger charge is 2.28. The first-order chi connectivity index (χ1) is 12.8. The predicted molar refractivity (Wildman–Crippen MR) is 104 cm³/mol. The fourth-order valence-electron chi connectivity index (χ4n) is 3.15. The smallest absolute Gasteiger partial charge is 0.293 e. The average Bonchev–Trinajstić information content (AvgIpc) is 3.22. The van der Waals surface area contributed by atoms with Gasteiger partial charge >= 0.3 is 0 Å². The molecule has 1 N–H and O–H groups in total. The minimum absolute atomic E-state index is 0.114. The molecular formula is C16H21N5O4S2. The number of thiazole rings is 1. The maximum atomic E-state index is 11.9. The molecule has 27 heavy (non-hydrogen) atoms. The molecule has 1 unspecified atom stereocenters. The van der Waals surface area contributed by atoms with Crippen LogP contribution in [0.1, 0.15) is 18.0 Å². The van der Waals surface area contributed by atoms with Gasteiger partial charge in [0.1, 0.15) is 10.7 Å². The molecule has 0 spiro atoms. The van der Waals surface area contributed by atoms with E-state index >= 15 is 0 Å². The highest BCUT2D eigenvalue weighted by atomic mass is 32.2. The zero-order valence-corrected chi connectivity index (χ0v) is 16.7. The van der Waals surface area contributed by atoms with Crippen LogP contribution >= 0.6 is 11.3 Å². The van der Waals surface area contributed by atoms with Crippen LogP contribution in [0.5, 0.6) is 0 Å². The molecule has 1 aromatic carbocycles. The summed E-state index contributed by atoms with van der Waals surface area (Å²) in [7, 11) is -2.46. The number of aromatic nitrogens is 1. The summed E-state index contributed by atoms with van der Waals surface area (Å²) in [5, 5.41) is 14.5.